The lowest BCUT2D eigenvalue weighted by Crippen LogP contribution is -2.36. The van der Waals surface area contributed by atoms with Crippen molar-refractivity contribution in [2.24, 2.45) is 5.92 Å². The van der Waals surface area contributed by atoms with Crippen LogP contribution in [-0.2, 0) is 11.3 Å². The summed E-state index contributed by atoms with van der Waals surface area (Å²) in [4.78, 5) is 39.9. The van der Waals surface area contributed by atoms with E-state index in [1.54, 1.807) is 11.0 Å². The Morgan fingerprint density at radius 2 is 2.00 bits per heavy atom. The molecule has 0 spiro atoms. The van der Waals surface area contributed by atoms with Crippen molar-refractivity contribution in [3.8, 4) is 5.88 Å². The van der Waals surface area contributed by atoms with Gasteiger partial charge in [0.25, 0.3) is 11.5 Å². The van der Waals surface area contributed by atoms with Gasteiger partial charge in [-0.05, 0) is 37.7 Å². The number of fused-ring (bicyclic) bond motifs is 1. The normalized spacial score (nSPS) is 16.8. The van der Waals surface area contributed by atoms with E-state index in [1.165, 1.54) is 21.4 Å². The van der Waals surface area contributed by atoms with Crippen molar-refractivity contribution < 1.29 is 14.7 Å². The highest BCUT2D eigenvalue weighted by molar-refractivity contribution is 5.97. The van der Waals surface area contributed by atoms with Crippen molar-refractivity contribution in [2.45, 2.75) is 52.1 Å². The summed E-state index contributed by atoms with van der Waals surface area (Å²) in [6.07, 6.45) is 8.32. The number of hydrogen-bond acceptors (Lipinski definition) is 5. The minimum Gasteiger partial charge on any atom is -0.492 e. The number of carbonyl (C=O) groups is 2. The summed E-state index contributed by atoms with van der Waals surface area (Å²) in [5.41, 5.74) is 0.0269. The smallest absolute Gasteiger partial charge is 0.270 e. The van der Waals surface area contributed by atoms with Crippen LogP contribution in [0.5, 0.6) is 5.88 Å². The highest BCUT2D eigenvalue weighted by Gasteiger charge is 2.29. The summed E-state index contributed by atoms with van der Waals surface area (Å²) in [6.45, 7) is 5.76. The van der Waals surface area contributed by atoms with Crippen molar-refractivity contribution >= 4 is 23.5 Å². The molecule has 2 aliphatic rings. The minimum atomic E-state index is -0.587. The number of amides is 2. The van der Waals surface area contributed by atoms with Crippen LogP contribution >= 0.6 is 0 Å². The van der Waals surface area contributed by atoms with Gasteiger partial charge in [0.2, 0.25) is 11.8 Å². The van der Waals surface area contributed by atoms with E-state index in [2.05, 4.69) is 10.4 Å². The van der Waals surface area contributed by atoms with E-state index < -0.39 is 17.3 Å². The highest BCUT2D eigenvalue weighted by atomic mass is 16.3. The molecule has 3 heterocycles. The van der Waals surface area contributed by atoms with Crippen molar-refractivity contribution in [1.29, 1.82) is 0 Å². The number of hydrogen-bond donors (Lipinski definition) is 2. The second-order valence-corrected chi connectivity index (χ2v) is 8.46. The molecule has 0 unspecified atom stereocenters. The van der Waals surface area contributed by atoms with Gasteiger partial charge in [0, 0.05) is 37.3 Å². The molecule has 2 aromatic rings. The molecule has 2 N–H and O–H groups in total. The summed E-state index contributed by atoms with van der Waals surface area (Å²) in [7, 11) is 0. The van der Waals surface area contributed by atoms with Crippen LogP contribution in [0.1, 0.15) is 55.5 Å². The van der Waals surface area contributed by atoms with E-state index >= 15 is 0 Å². The van der Waals surface area contributed by atoms with E-state index in [-0.39, 0.29) is 23.4 Å². The van der Waals surface area contributed by atoms with Gasteiger partial charge in [-0.3, -0.25) is 19.0 Å². The van der Waals surface area contributed by atoms with Gasteiger partial charge in [-0.1, -0.05) is 13.8 Å². The third-order valence-electron chi connectivity index (χ3n) is 5.42. The zero-order chi connectivity index (χ0) is 21.4. The molecule has 9 heteroatoms. The Labute approximate surface area is 174 Å². The summed E-state index contributed by atoms with van der Waals surface area (Å²) in [5, 5.41) is 17.6. The van der Waals surface area contributed by atoms with Crippen LogP contribution in [0, 0.1) is 5.92 Å². The standard InChI is InChI=1S/C21H27N5O4/c1-13(2)12-25-19-14(5-8-16(27)24-9-3-4-10-24)11-22-26(19)21(30)17(20(25)29)18(28)23-15-6-7-15/h5,8,11,13,15,30H,3-4,6-7,9-10,12H2,1-2H3,(H,23,28). The van der Waals surface area contributed by atoms with Crippen LogP contribution in [0.2, 0.25) is 0 Å². The molecule has 2 fully saturated rings. The van der Waals surface area contributed by atoms with Crippen molar-refractivity contribution in [3.63, 3.8) is 0 Å². The Balaban J connectivity index is 1.78. The van der Waals surface area contributed by atoms with Gasteiger partial charge in [0.1, 0.15) is 5.65 Å². The van der Waals surface area contributed by atoms with Crippen LogP contribution < -0.4 is 10.9 Å². The first-order valence-electron chi connectivity index (χ1n) is 10.5. The molecule has 2 amide bonds. The van der Waals surface area contributed by atoms with Gasteiger partial charge in [0.05, 0.1) is 6.20 Å². The van der Waals surface area contributed by atoms with Crippen molar-refractivity contribution in [2.75, 3.05) is 13.1 Å². The molecule has 1 aliphatic heterocycles. The second kappa shape index (κ2) is 7.97. The molecule has 160 valence electrons. The predicted octanol–water partition coefficient (Wildman–Crippen LogP) is 1.39. The van der Waals surface area contributed by atoms with Crippen LogP contribution in [-0.4, -0.2) is 55.1 Å². The Hall–Kier alpha value is -3.10. The molecular formula is C21H27N5O4. The maximum atomic E-state index is 13.2. The first kappa shape index (κ1) is 20.2. The van der Waals surface area contributed by atoms with E-state index in [0.717, 1.165) is 38.8 Å². The second-order valence-electron chi connectivity index (χ2n) is 8.46. The average Bonchev–Trinajstić information content (AvgIpc) is 3.19. The van der Waals surface area contributed by atoms with Gasteiger partial charge in [-0.15, -0.1) is 0 Å². The molecule has 0 aromatic carbocycles. The number of rotatable bonds is 6. The fourth-order valence-corrected chi connectivity index (χ4v) is 3.75. The lowest BCUT2D eigenvalue weighted by atomic mass is 10.2. The van der Waals surface area contributed by atoms with Gasteiger partial charge in [-0.25, -0.2) is 0 Å². The monoisotopic (exact) mass is 413 g/mol. The topological polar surface area (TPSA) is 109 Å². The zero-order valence-corrected chi connectivity index (χ0v) is 17.3. The maximum absolute atomic E-state index is 13.2. The highest BCUT2D eigenvalue weighted by Crippen LogP contribution is 2.23. The number of nitrogens with zero attached hydrogens (tertiary/aromatic N) is 4. The van der Waals surface area contributed by atoms with Gasteiger partial charge >= 0.3 is 0 Å². The molecule has 9 nitrogen and oxygen atoms in total. The number of nitrogens with one attached hydrogen (secondary N) is 1. The van der Waals surface area contributed by atoms with Crippen LogP contribution in [0.4, 0.5) is 0 Å². The molecule has 30 heavy (non-hydrogen) atoms. The fourth-order valence-electron chi connectivity index (χ4n) is 3.75. The summed E-state index contributed by atoms with van der Waals surface area (Å²) >= 11 is 0. The Bertz CT molecular complexity index is 1070. The van der Waals surface area contributed by atoms with Crippen molar-refractivity contribution in [1.82, 2.24) is 24.4 Å². The lowest BCUT2D eigenvalue weighted by Gasteiger charge is -2.15. The summed E-state index contributed by atoms with van der Waals surface area (Å²) < 4.78 is 2.66. The predicted molar refractivity (Wildman–Crippen MR) is 111 cm³/mol. The van der Waals surface area contributed by atoms with E-state index in [4.69, 9.17) is 0 Å². The van der Waals surface area contributed by atoms with Gasteiger partial charge in [0.15, 0.2) is 5.56 Å². The number of likely N-dealkylation sites (tertiary alicyclic amines) is 1. The first-order chi connectivity index (χ1) is 14.4. The van der Waals surface area contributed by atoms with Gasteiger partial charge < -0.3 is 15.3 Å². The number of aromatic hydroxyl groups is 1. The Morgan fingerprint density at radius 3 is 2.63 bits per heavy atom. The lowest BCUT2D eigenvalue weighted by molar-refractivity contribution is -0.124. The van der Waals surface area contributed by atoms with Crippen molar-refractivity contribution in [3.05, 3.63) is 33.8 Å². The average molecular weight is 413 g/mol. The third-order valence-corrected chi connectivity index (χ3v) is 5.42. The zero-order valence-electron chi connectivity index (χ0n) is 17.3. The largest absolute Gasteiger partial charge is 0.492 e. The molecule has 1 saturated heterocycles. The van der Waals surface area contributed by atoms with E-state index in [1.807, 2.05) is 13.8 Å². The maximum Gasteiger partial charge on any atom is 0.270 e. The fraction of sp³-hybridized carbons (Fsp3) is 0.524. The minimum absolute atomic E-state index is 0.0539. The molecule has 2 aromatic heterocycles. The van der Waals surface area contributed by atoms with Crippen LogP contribution in [0.15, 0.2) is 17.1 Å². The summed E-state index contributed by atoms with van der Waals surface area (Å²) in [6, 6.07) is 0.0539. The first-order valence-corrected chi connectivity index (χ1v) is 10.5. The van der Waals surface area contributed by atoms with Crippen LogP contribution in [0.25, 0.3) is 11.7 Å². The molecular weight excluding hydrogens is 386 g/mol. The van der Waals surface area contributed by atoms with Gasteiger partial charge in [-0.2, -0.15) is 9.61 Å². The molecule has 4 rings (SSSR count). The SMILES string of the molecule is CC(C)Cn1c(=O)c(C(=O)NC2CC2)c(O)n2ncc(C=CC(=O)N3CCCC3)c12. The molecule has 0 atom stereocenters. The Kier molecular flexibility index (Phi) is 5.36. The van der Waals surface area contributed by atoms with E-state index in [9.17, 15) is 19.5 Å². The molecule has 0 bridgehead atoms. The molecule has 0 radical (unpaired) electrons. The summed E-state index contributed by atoms with van der Waals surface area (Å²) in [5.74, 6) is -1.04. The van der Waals surface area contributed by atoms with Crippen LogP contribution in [0.3, 0.4) is 0 Å². The molecule has 1 aliphatic carbocycles. The number of carbonyl (C=O) groups excluding carboxylic acids is 2. The van der Waals surface area contributed by atoms with E-state index in [0.29, 0.717) is 17.8 Å². The Morgan fingerprint density at radius 1 is 1.30 bits per heavy atom. The quantitative estimate of drug-likeness (QED) is 0.696. The molecule has 1 saturated carbocycles. The number of aromatic nitrogens is 3. The third kappa shape index (κ3) is 3.83.